The zero-order chi connectivity index (χ0) is 13.1. The molecule has 100 valence electrons. The van der Waals surface area contributed by atoms with E-state index in [-0.39, 0.29) is 11.5 Å². The zero-order valence-electron chi connectivity index (χ0n) is 10.8. The van der Waals surface area contributed by atoms with E-state index in [1.807, 2.05) is 6.92 Å². The first kappa shape index (κ1) is 13.5. The monoisotopic (exact) mass is 252 g/mol. The summed E-state index contributed by atoms with van der Waals surface area (Å²) in [5.74, 6) is -0.350. The van der Waals surface area contributed by atoms with Gasteiger partial charge in [-0.15, -0.1) is 0 Å². The van der Waals surface area contributed by atoms with Crippen LogP contribution >= 0.6 is 0 Å². The van der Waals surface area contributed by atoms with E-state index in [0.29, 0.717) is 0 Å². The van der Waals surface area contributed by atoms with E-state index >= 15 is 0 Å². The molecule has 1 aromatic carbocycles. The van der Waals surface area contributed by atoms with Crippen molar-refractivity contribution in [2.75, 3.05) is 0 Å². The fourth-order valence-electron chi connectivity index (χ4n) is 2.81. The molecule has 2 N–H and O–H groups in total. The number of halogens is 1. The van der Waals surface area contributed by atoms with Crippen molar-refractivity contribution in [1.29, 1.82) is 0 Å². The summed E-state index contributed by atoms with van der Waals surface area (Å²) < 4.78 is 13.7. The standard InChI is InChI=1S/C15H21FO2/c1-10-7-8-13(16)12(9-10)15(18)14(17)11-5-3-2-4-6-11/h7-9,11,14-15,17-18H,2-6H2,1H3. The van der Waals surface area contributed by atoms with Crippen LogP contribution in [0.5, 0.6) is 0 Å². The van der Waals surface area contributed by atoms with Gasteiger partial charge in [0.2, 0.25) is 0 Å². The average Bonchev–Trinajstić information content (AvgIpc) is 2.41. The summed E-state index contributed by atoms with van der Waals surface area (Å²) in [6.07, 6.45) is 3.24. The lowest BCUT2D eigenvalue weighted by Gasteiger charge is -2.30. The molecule has 0 aliphatic heterocycles. The quantitative estimate of drug-likeness (QED) is 0.867. The molecule has 3 heteroatoms. The molecule has 1 aliphatic carbocycles. The van der Waals surface area contributed by atoms with Gasteiger partial charge in [-0.25, -0.2) is 4.39 Å². The largest absolute Gasteiger partial charge is 0.390 e. The maximum atomic E-state index is 13.7. The normalized spacial score (nSPS) is 20.7. The highest BCUT2D eigenvalue weighted by Gasteiger charge is 2.30. The molecule has 2 nitrogen and oxygen atoms in total. The molecule has 1 saturated carbocycles. The third-order valence-corrected chi connectivity index (χ3v) is 3.93. The van der Waals surface area contributed by atoms with E-state index in [2.05, 4.69) is 0 Å². The maximum Gasteiger partial charge on any atom is 0.129 e. The predicted octanol–water partition coefficient (Wildman–Crippen LogP) is 3.11. The van der Waals surface area contributed by atoms with Gasteiger partial charge in [-0.3, -0.25) is 0 Å². The van der Waals surface area contributed by atoms with Crippen molar-refractivity contribution in [1.82, 2.24) is 0 Å². The summed E-state index contributed by atoms with van der Waals surface area (Å²) in [5, 5.41) is 20.4. The van der Waals surface area contributed by atoms with Crippen LogP contribution in [0.25, 0.3) is 0 Å². The van der Waals surface area contributed by atoms with Gasteiger partial charge < -0.3 is 10.2 Å². The Labute approximate surface area is 107 Å². The van der Waals surface area contributed by atoms with E-state index in [1.165, 1.54) is 12.5 Å². The molecule has 0 spiro atoms. The number of benzene rings is 1. The smallest absolute Gasteiger partial charge is 0.129 e. The molecular weight excluding hydrogens is 231 g/mol. The Kier molecular flexibility index (Phi) is 4.36. The van der Waals surface area contributed by atoms with Crippen LogP contribution in [-0.2, 0) is 0 Å². The summed E-state index contributed by atoms with van der Waals surface area (Å²) in [5.41, 5.74) is 1.11. The first-order valence-corrected chi connectivity index (χ1v) is 6.72. The highest BCUT2D eigenvalue weighted by Crippen LogP contribution is 2.33. The van der Waals surface area contributed by atoms with Gasteiger partial charge in [0.15, 0.2) is 0 Å². The van der Waals surface area contributed by atoms with Crippen LogP contribution in [0.2, 0.25) is 0 Å². The third-order valence-electron chi connectivity index (χ3n) is 3.93. The zero-order valence-corrected chi connectivity index (χ0v) is 10.8. The molecule has 0 saturated heterocycles. The fourth-order valence-corrected chi connectivity index (χ4v) is 2.81. The van der Waals surface area contributed by atoms with Crippen molar-refractivity contribution in [3.63, 3.8) is 0 Å². The van der Waals surface area contributed by atoms with Crippen molar-refractivity contribution in [3.05, 3.63) is 35.1 Å². The molecule has 1 aliphatic rings. The van der Waals surface area contributed by atoms with Crippen molar-refractivity contribution < 1.29 is 14.6 Å². The molecule has 0 radical (unpaired) electrons. The average molecular weight is 252 g/mol. The molecule has 18 heavy (non-hydrogen) atoms. The lowest BCUT2D eigenvalue weighted by Crippen LogP contribution is -2.29. The second-order valence-electron chi connectivity index (χ2n) is 5.36. The van der Waals surface area contributed by atoms with Gasteiger partial charge in [-0.2, -0.15) is 0 Å². The molecule has 0 bridgehead atoms. The van der Waals surface area contributed by atoms with E-state index in [4.69, 9.17) is 0 Å². The van der Waals surface area contributed by atoms with Gasteiger partial charge in [0, 0.05) is 5.56 Å². The minimum absolute atomic E-state index is 0.0914. The van der Waals surface area contributed by atoms with E-state index in [0.717, 1.165) is 31.2 Å². The molecule has 2 rings (SSSR count). The Morgan fingerprint density at radius 1 is 1.17 bits per heavy atom. The van der Waals surface area contributed by atoms with Crippen LogP contribution in [0.3, 0.4) is 0 Å². The minimum Gasteiger partial charge on any atom is -0.390 e. The van der Waals surface area contributed by atoms with Gasteiger partial charge in [0.05, 0.1) is 6.10 Å². The molecule has 2 unspecified atom stereocenters. The highest BCUT2D eigenvalue weighted by molar-refractivity contribution is 5.26. The second-order valence-corrected chi connectivity index (χ2v) is 5.36. The summed E-state index contributed by atoms with van der Waals surface area (Å²) in [6.45, 7) is 1.85. The number of aliphatic hydroxyl groups is 2. The predicted molar refractivity (Wildman–Crippen MR) is 68.7 cm³/mol. The second kappa shape index (κ2) is 5.81. The van der Waals surface area contributed by atoms with Crippen molar-refractivity contribution in [3.8, 4) is 0 Å². The number of hydrogen-bond acceptors (Lipinski definition) is 2. The van der Waals surface area contributed by atoms with Gasteiger partial charge in [0.1, 0.15) is 11.9 Å². The fraction of sp³-hybridized carbons (Fsp3) is 0.600. The highest BCUT2D eigenvalue weighted by atomic mass is 19.1. The van der Waals surface area contributed by atoms with Gasteiger partial charge >= 0.3 is 0 Å². The third kappa shape index (κ3) is 2.90. The molecule has 1 fully saturated rings. The Morgan fingerprint density at radius 2 is 1.83 bits per heavy atom. The Bertz CT molecular complexity index is 399. The van der Waals surface area contributed by atoms with Crippen LogP contribution in [0, 0.1) is 18.7 Å². The van der Waals surface area contributed by atoms with E-state index < -0.39 is 18.0 Å². The Balaban J connectivity index is 2.13. The SMILES string of the molecule is Cc1ccc(F)c(C(O)C(O)C2CCCCC2)c1. The minimum atomic E-state index is -1.12. The van der Waals surface area contributed by atoms with Gasteiger partial charge in [-0.05, 0) is 31.7 Å². The number of hydrogen-bond donors (Lipinski definition) is 2. The van der Waals surface area contributed by atoms with Crippen molar-refractivity contribution in [2.24, 2.45) is 5.92 Å². The van der Waals surface area contributed by atoms with Crippen LogP contribution in [0.1, 0.15) is 49.3 Å². The number of aryl methyl sites for hydroxylation is 1. The van der Waals surface area contributed by atoms with Crippen molar-refractivity contribution in [2.45, 2.75) is 51.2 Å². The maximum absolute atomic E-state index is 13.7. The topological polar surface area (TPSA) is 40.5 Å². The molecule has 1 aromatic rings. The van der Waals surface area contributed by atoms with Gasteiger partial charge in [0.25, 0.3) is 0 Å². The van der Waals surface area contributed by atoms with Crippen molar-refractivity contribution >= 4 is 0 Å². The first-order chi connectivity index (χ1) is 8.59. The van der Waals surface area contributed by atoms with Crippen LogP contribution in [-0.4, -0.2) is 16.3 Å². The molecule has 0 heterocycles. The summed E-state index contributed by atoms with van der Waals surface area (Å²) in [4.78, 5) is 0. The van der Waals surface area contributed by atoms with Crippen LogP contribution in [0.15, 0.2) is 18.2 Å². The summed E-state index contributed by atoms with van der Waals surface area (Å²) in [6, 6.07) is 4.63. The Morgan fingerprint density at radius 3 is 2.50 bits per heavy atom. The summed E-state index contributed by atoms with van der Waals surface area (Å²) >= 11 is 0. The summed E-state index contributed by atoms with van der Waals surface area (Å²) in [7, 11) is 0. The van der Waals surface area contributed by atoms with Crippen LogP contribution in [0.4, 0.5) is 4.39 Å². The number of aliphatic hydroxyl groups excluding tert-OH is 2. The molecule has 2 atom stereocenters. The first-order valence-electron chi connectivity index (χ1n) is 6.72. The number of rotatable bonds is 3. The van der Waals surface area contributed by atoms with Gasteiger partial charge in [-0.1, -0.05) is 37.0 Å². The molecular formula is C15H21FO2. The molecule has 0 amide bonds. The lowest BCUT2D eigenvalue weighted by atomic mass is 9.82. The Hall–Kier alpha value is -0.930. The molecule has 0 aromatic heterocycles. The van der Waals surface area contributed by atoms with E-state index in [1.54, 1.807) is 12.1 Å². The van der Waals surface area contributed by atoms with Crippen LogP contribution < -0.4 is 0 Å². The lowest BCUT2D eigenvalue weighted by molar-refractivity contribution is -0.0301. The van der Waals surface area contributed by atoms with E-state index in [9.17, 15) is 14.6 Å².